The van der Waals surface area contributed by atoms with Gasteiger partial charge in [-0.1, -0.05) is 20.3 Å². The molecule has 1 aromatic rings. The van der Waals surface area contributed by atoms with Gasteiger partial charge in [-0.25, -0.2) is 9.18 Å². The second-order valence-electron chi connectivity index (χ2n) is 11.1. The minimum Gasteiger partial charge on any atom is -0.497 e. The highest BCUT2D eigenvalue weighted by atomic mass is 19.1. The summed E-state index contributed by atoms with van der Waals surface area (Å²) in [5.74, 6) is 2.64. The number of methoxy groups -OCH3 is 2. The zero-order valence-corrected chi connectivity index (χ0v) is 24.8. The van der Waals surface area contributed by atoms with Crippen LogP contribution in [0.25, 0.3) is 0 Å². The highest BCUT2D eigenvalue weighted by molar-refractivity contribution is 5.69. The molecule has 2 heterocycles. The Balaban J connectivity index is 0.000000269. The fourth-order valence-electron chi connectivity index (χ4n) is 6.11. The fourth-order valence-corrected chi connectivity index (χ4v) is 6.11. The molecule has 0 bridgehead atoms. The van der Waals surface area contributed by atoms with Gasteiger partial charge in [-0.3, -0.25) is 9.69 Å². The molecule has 1 aliphatic carbocycles. The molecule has 1 aromatic carbocycles. The summed E-state index contributed by atoms with van der Waals surface area (Å²) >= 11 is 0. The fraction of sp³-hybridized carbons (Fsp3) is 0.733. The van der Waals surface area contributed by atoms with Crippen molar-refractivity contribution in [1.29, 1.82) is 0 Å². The molecule has 2 amide bonds. The number of rotatable bonds is 6. The molecule has 4 rings (SSSR count). The number of nitrogens with zero attached hydrogens (tertiary/aromatic N) is 2. The van der Waals surface area contributed by atoms with Crippen LogP contribution in [0.15, 0.2) is 24.3 Å². The Bertz CT molecular complexity index is 837. The molecule has 222 valence electrons. The van der Waals surface area contributed by atoms with E-state index in [2.05, 4.69) is 24.5 Å². The molecule has 1 saturated carbocycles. The smallest absolute Gasteiger partial charge is 0.410 e. The van der Waals surface area contributed by atoms with E-state index in [1.165, 1.54) is 45.2 Å². The van der Waals surface area contributed by atoms with Crippen LogP contribution >= 0.6 is 0 Å². The van der Waals surface area contributed by atoms with Crippen molar-refractivity contribution in [1.82, 2.24) is 20.4 Å². The molecule has 2 N–H and O–H groups in total. The van der Waals surface area contributed by atoms with Crippen LogP contribution in [0.4, 0.5) is 9.18 Å². The number of carbonyl (C=O) groups is 2. The van der Waals surface area contributed by atoms with Crippen molar-refractivity contribution in [3.8, 4) is 5.75 Å². The number of nitrogens with one attached hydrogen (secondary N) is 2. The third-order valence-corrected chi connectivity index (χ3v) is 8.41. The second-order valence-corrected chi connectivity index (χ2v) is 11.1. The summed E-state index contributed by atoms with van der Waals surface area (Å²) in [6, 6.07) is 6.08. The number of piperidine rings is 1. The Labute approximate surface area is 235 Å². The molecule has 3 fully saturated rings. The topological polar surface area (TPSA) is 83.1 Å². The van der Waals surface area contributed by atoms with Crippen molar-refractivity contribution in [2.24, 2.45) is 17.8 Å². The summed E-state index contributed by atoms with van der Waals surface area (Å²) in [6.07, 6.45) is 7.61. The van der Waals surface area contributed by atoms with Crippen molar-refractivity contribution < 1.29 is 23.5 Å². The largest absolute Gasteiger partial charge is 0.497 e. The van der Waals surface area contributed by atoms with Gasteiger partial charge in [0.05, 0.1) is 32.3 Å². The molecule has 2 saturated heterocycles. The molecule has 39 heavy (non-hydrogen) atoms. The van der Waals surface area contributed by atoms with Crippen molar-refractivity contribution in [2.75, 3.05) is 47.4 Å². The molecular formula is C30H51FN4O4. The van der Waals surface area contributed by atoms with Gasteiger partial charge in [-0.2, -0.15) is 0 Å². The minimum atomic E-state index is -0.265. The third-order valence-electron chi connectivity index (χ3n) is 8.41. The summed E-state index contributed by atoms with van der Waals surface area (Å²) in [6.45, 7) is 10.6. The van der Waals surface area contributed by atoms with E-state index in [1.807, 2.05) is 23.8 Å². The number of carbonyl (C=O) groups excluding carboxylic acids is 2. The minimum absolute atomic E-state index is 0.00438. The van der Waals surface area contributed by atoms with Crippen molar-refractivity contribution in [3.63, 3.8) is 0 Å². The number of ether oxygens (including phenoxy) is 2. The maximum absolute atomic E-state index is 12.2. The van der Waals surface area contributed by atoms with Crippen molar-refractivity contribution in [2.45, 2.75) is 77.4 Å². The molecule has 8 nitrogen and oxygen atoms in total. The first-order chi connectivity index (χ1) is 18.8. The molecule has 5 atom stereocenters. The summed E-state index contributed by atoms with van der Waals surface area (Å²) in [5.41, 5.74) is 0. The van der Waals surface area contributed by atoms with Crippen LogP contribution in [0, 0.1) is 23.6 Å². The summed E-state index contributed by atoms with van der Waals surface area (Å²) in [4.78, 5) is 27.5. The Kier molecular flexibility index (Phi) is 14.6. The summed E-state index contributed by atoms with van der Waals surface area (Å²) in [7, 11) is 4.97. The van der Waals surface area contributed by atoms with E-state index >= 15 is 0 Å². The lowest BCUT2D eigenvalue weighted by Crippen LogP contribution is -2.66. The Hall–Kier alpha value is -2.39. The molecule has 0 spiro atoms. The van der Waals surface area contributed by atoms with E-state index in [9.17, 15) is 14.0 Å². The average Bonchev–Trinajstić information content (AvgIpc) is 2.96. The van der Waals surface area contributed by atoms with E-state index in [4.69, 9.17) is 9.47 Å². The first-order valence-electron chi connectivity index (χ1n) is 14.5. The summed E-state index contributed by atoms with van der Waals surface area (Å²) < 4.78 is 22.0. The lowest BCUT2D eigenvalue weighted by molar-refractivity contribution is -0.129. The van der Waals surface area contributed by atoms with Crippen LogP contribution in [0.2, 0.25) is 0 Å². The highest BCUT2D eigenvalue weighted by Gasteiger charge is 2.46. The van der Waals surface area contributed by atoms with E-state index in [0.29, 0.717) is 24.1 Å². The quantitative estimate of drug-likeness (QED) is 0.506. The second kappa shape index (κ2) is 17.3. The first kappa shape index (κ1) is 32.8. The Morgan fingerprint density at radius 3 is 2.28 bits per heavy atom. The Morgan fingerprint density at radius 2 is 1.79 bits per heavy atom. The van der Waals surface area contributed by atoms with E-state index in [1.54, 1.807) is 19.2 Å². The molecular weight excluding hydrogens is 499 g/mol. The number of amides is 2. The van der Waals surface area contributed by atoms with Gasteiger partial charge in [-0.05, 0) is 108 Å². The molecule has 9 heteroatoms. The van der Waals surface area contributed by atoms with Gasteiger partial charge in [-0.15, -0.1) is 0 Å². The number of hydrogen-bond donors (Lipinski definition) is 2. The molecule has 0 aromatic heterocycles. The average molecular weight is 551 g/mol. The zero-order chi connectivity index (χ0) is 28.8. The third kappa shape index (κ3) is 9.94. The number of benzene rings is 1. The molecule has 5 unspecified atom stereocenters. The lowest BCUT2D eigenvalue weighted by atomic mass is 9.73. The SMILES string of the molecule is CC1CCNCC1.CCC(CNC)C1CCC2C(C1)N(C=O)CC(C)N2C(=O)OC.COc1ccc(F)cc1. The maximum atomic E-state index is 12.2. The first-order valence-corrected chi connectivity index (χ1v) is 14.5. The van der Waals surface area contributed by atoms with Crippen LogP contribution in [0.3, 0.4) is 0 Å². The maximum Gasteiger partial charge on any atom is 0.410 e. The van der Waals surface area contributed by atoms with Crippen molar-refractivity contribution >= 4 is 12.5 Å². The number of hydrogen-bond acceptors (Lipinski definition) is 6. The van der Waals surface area contributed by atoms with Gasteiger partial charge in [0.1, 0.15) is 11.6 Å². The van der Waals surface area contributed by atoms with Crippen LogP contribution < -0.4 is 15.4 Å². The molecule has 3 aliphatic rings. The van der Waals surface area contributed by atoms with E-state index in [-0.39, 0.29) is 30.0 Å². The Morgan fingerprint density at radius 1 is 1.13 bits per heavy atom. The number of halogens is 1. The van der Waals surface area contributed by atoms with E-state index in [0.717, 1.165) is 44.6 Å². The number of fused-ring (bicyclic) bond motifs is 1. The van der Waals surface area contributed by atoms with Gasteiger partial charge in [0.15, 0.2) is 0 Å². The van der Waals surface area contributed by atoms with Gasteiger partial charge in [0, 0.05) is 6.54 Å². The summed E-state index contributed by atoms with van der Waals surface area (Å²) in [5, 5.41) is 6.60. The van der Waals surface area contributed by atoms with Gasteiger partial charge >= 0.3 is 6.09 Å². The van der Waals surface area contributed by atoms with Crippen LogP contribution in [-0.4, -0.2) is 87.9 Å². The van der Waals surface area contributed by atoms with Gasteiger partial charge in [0.2, 0.25) is 6.41 Å². The molecule has 2 aliphatic heterocycles. The van der Waals surface area contributed by atoms with Gasteiger partial charge in [0.25, 0.3) is 0 Å². The zero-order valence-electron chi connectivity index (χ0n) is 24.8. The van der Waals surface area contributed by atoms with Crippen LogP contribution in [-0.2, 0) is 9.53 Å². The van der Waals surface area contributed by atoms with Crippen LogP contribution in [0.1, 0.15) is 59.3 Å². The standard InChI is InChI=1S/C17H31N3O3.C7H7FO.C6H13N/c1-5-13(9-18-3)14-6-7-15-16(8-14)19(11-21)10-12(2)20(15)17(22)23-4;1-9-7-4-2-6(8)3-5-7;1-6-2-4-7-5-3-6/h11-16,18H,5-10H2,1-4H3;2-5H,1H3;6-7H,2-5H2,1H3. The predicted octanol–water partition coefficient (Wildman–Crippen LogP) is 4.54. The highest BCUT2D eigenvalue weighted by Crippen LogP contribution is 2.39. The molecule has 0 radical (unpaired) electrons. The normalized spacial score (nSPS) is 25.6. The van der Waals surface area contributed by atoms with Crippen molar-refractivity contribution in [3.05, 3.63) is 30.1 Å². The van der Waals surface area contributed by atoms with Crippen LogP contribution in [0.5, 0.6) is 5.75 Å². The predicted molar refractivity (Wildman–Crippen MR) is 153 cm³/mol. The number of piperazine rings is 1. The monoisotopic (exact) mass is 550 g/mol. The van der Waals surface area contributed by atoms with E-state index < -0.39 is 0 Å². The lowest BCUT2D eigenvalue weighted by Gasteiger charge is -2.53. The van der Waals surface area contributed by atoms with Gasteiger partial charge < -0.3 is 25.0 Å².